The van der Waals surface area contributed by atoms with E-state index in [-0.39, 0.29) is 42.2 Å². The van der Waals surface area contributed by atoms with Crippen LogP contribution in [0, 0.1) is 17.8 Å². The Hall–Kier alpha value is -2.86. The van der Waals surface area contributed by atoms with Crippen LogP contribution in [0.4, 0.5) is 16.2 Å². The average Bonchev–Trinajstić information content (AvgIpc) is 3.28. The number of carbonyl (C=O) groups excluding carboxylic acids is 2. The fourth-order valence-corrected chi connectivity index (χ4v) is 4.10. The number of nitrogens with two attached hydrogens (primary N) is 2. The number of hydrogen-bond acceptors (Lipinski definition) is 10. The summed E-state index contributed by atoms with van der Waals surface area (Å²) in [5.41, 5.74) is 10.5. The van der Waals surface area contributed by atoms with E-state index in [1.165, 1.54) is 17.8 Å². The summed E-state index contributed by atoms with van der Waals surface area (Å²) in [6.45, 7) is 8.21. The highest BCUT2D eigenvalue weighted by Gasteiger charge is 2.56. The monoisotopic (exact) mass is 479 g/mol. The number of rotatable bonds is 9. The predicted molar refractivity (Wildman–Crippen MR) is 124 cm³/mol. The molecule has 2 aromatic heterocycles. The molecule has 188 valence electrons. The van der Waals surface area contributed by atoms with Crippen LogP contribution >= 0.6 is 0 Å². The number of halogens is 1. The minimum atomic E-state index is -2.05. The van der Waals surface area contributed by atoms with E-state index in [4.69, 9.17) is 20.9 Å². The maximum absolute atomic E-state index is 16.5. The number of ketones is 1. The molecule has 1 aliphatic rings. The lowest BCUT2D eigenvalue weighted by molar-refractivity contribution is -0.153. The fraction of sp³-hybridized carbons (Fsp3) is 0.682. The van der Waals surface area contributed by atoms with Gasteiger partial charge < -0.3 is 26.3 Å². The van der Waals surface area contributed by atoms with Crippen molar-refractivity contribution < 1.29 is 23.5 Å². The van der Waals surface area contributed by atoms with Gasteiger partial charge in [-0.2, -0.15) is 9.97 Å². The number of anilines is 2. The van der Waals surface area contributed by atoms with Crippen molar-refractivity contribution in [1.29, 1.82) is 0 Å². The smallest absolute Gasteiger partial charge is 0.308 e. The van der Waals surface area contributed by atoms with Crippen LogP contribution < -0.4 is 16.8 Å². The van der Waals surface area contributed by atoms with Crippen molar-refractivity contribution in [3.63, 3.8) is 0 Å². The Balaban J connectivity index is 1.99. The van der Waals surface area contributed by atoms with Crippen LogP contribution in [0.1, 0.15) is 47.3 Å². The molecule has 1 fully saturated rings. The van der Waals surface area contributed by atoms with Crippen LogP contribution in [0.25, 0.3) is 11.2 Å². The third kappa shape index (κ3) is 4.83. The first-order chi connectivity index (χ1) is 15.9. The zero-order valence-electron chi connectivity index (χ0n) is 20.4. The van der Waals surface area contributed by atoms with Crippen LogP contribution in [0.5, 0.6) is 0 Å². The Morgan fingerprint density at radius 2 is 2.00 bits per heavy atom. The molecule has 5 atom stereocenters. The first-order valence-electron chi connectivity index (χ1n) is 11.4. The molecule has 1 saturated heterocycles. The molecular formula is C22H34FN7O4. The van der Waals surface area contributed by atoms with Gasteiger partial charge in [-0.3, -0.25) is 14.2 Å². The molecule has 3 rings (SSSR count). The molecule has 0 bridgehead atoms. The first kappa shape index (κ1) is 25.8. The van der Waals surface area contributed by atoms with Crippen molar-refractivity contribution in [3.05, 3.63) is 6.33 Å². The maximum atomic E-state index is 16.5. The topological polar surface area (TPSA) is 160 Å². The minimum Gasteiger partial charge on any atom is -0.463 e. The van der Waals surface area contributed by atoms with Crippen LogP contribution in [-0.4, -0.2) is 62.7 Å². The normalized spacial score (nSPS) is 25.8. The SMILES string of the molecule is CNc1nc(N)nc2c1ncn2[C@@H]1O[C@H](COC(=O)C(C)C)[C@@H](CC(=O)[C@@H](N)C(C)C)[C@@]1(C)F. The van der Waals surface area contributed by atoms with Crippen molar-refractivity contribution in [3.8, 4) is 0 Å². The molecule has 5 N–H and O–H groups in total. The van der Waals surface area contributed by atoms with Gasteiger partial charge in [-0.25, -0.2) is 9.37 Å². The molecule has 2 aromatic rings. The number of aromatic nitrogens is 4. The number of alkyl halides is 1. The number of hydrogen-bond donors (Lipinski definition) is 3. The van der Waals surface area contributed by atoms with Crippen molar-refractivity contribution in [1.82, 2.24) is 19.5 Å². The number of imidazole rings is 1. The molecule has 0 radical (unpaired) electrons. The number of nitrogen functional groups attached to an aromatic ring is 1. The molecule has 0 saturated carbocycles. The molecule has 12 heteroatoms. The standard InChI is InChI=1S/C22H34FN7O4/c1-10(2)15(24)13(31)7-12-14(8-33-19(32)11(3)4)34-20(22(12,5)23)30-9-27-16-17(26-6)28-21(25)29-18(16)30/h9-12,14-15,20H,7-8,24H2,1-6H3,(H3,25,26,28,29)/t12-,14-,15+,20-,22-/m1/s1. The van der Waals surface area contributed by atoms with Gasteiger partial charge in [0.05, 0.1) is 18.3 Å². The van der Waals surface area contributed by atoms with E-state index in [0.717, 1.165) is 0 Å². The molecule has 0 amide bonds. The zero-order chi connectivity index (χ0) is 25.4. The number of carbonyl (C=O) groups is 2. The van der Waals surface area contributed by atoms with Crippen LogP contribution in [0.3, 0.4) is 0 Å². The Morgan fingerprint density at radius 1 is 1.32 bits per heavy atom. The van der Waals surface area contributed by atoms with Crippen molar-refractivity contribution in [2.45, 2.75) is 65.1 Å². The van der Waals surface area contributed by atoms with Crippen molar-refractivity contribution in [2.75, 3.05) is 24.7 Å². The summed E-state index contributed by atoms with van der Waals surface area (Å²) in [5, 5.41) is 2.89. The van der Waals surface area contributed by atoms with Crippen molar-refractivity contribution in [2.24, 2.45) is 23.5 Å². The molecule has 0 unspecified atom stereocenters. The number of fused-ring (bicyclic) bond motifs is 1. The average molecular weight is 480 g/mol. The summed E-state index contributed by atoms with van der Waals surface area (Å²) in [6, 6.07) is -0.742. The minimum absolute atomic E-state index is 0.0193. The van der Waals surface area contributed by atoms with Gasteiger partial charge in [-0.05, 0) is 12.8 Å². The number of nitrogens with one attached hydrogen (secondary N) is 1. The zero-order valence-corrected chi connectivity index (χ0v) is 20.4. The third-order valence-electron chi connectivity index (χ3n) is 6.26. The van der Waals surface area contributed by atoms with E-state index in [1.807, 2.05) is 13.8 Å². The summed E-state index contributed by atoms with van der Waals surface area (Å²) < 4.78 is 29.3. The third-order valence-corrected chi connectivity index (χ3v) is 6.26. The molecule has 0 aromatic carbocycles. The highest BCUT2D eigenvalue weighted by molar-refractivity contribution is 5.85. The van der Waals surface area contributed by atoms with Gasteiger partial charge in [-0.1, -0.05) is 27.7 Å². The van der Waals surface area contributed by atoms with Crippen molar-refractivity contribution >= 4 is 34.7 Å². The predicted octanol–water partition coefficient (Wildman–Crippen LogP) is 1.83. The fourth-order valence-electron chi connectivity index (χ4n) is 4.10. The lowest BCUT2D eigenvalue weighted by Gasteiger charge is -2.28. The van der Waals surface area contributed by atoms with Gasteiger partial charge >= 0.3 is 5.97 Å². The Kier molecular flexibility index (Phi) is 7.41. The summed E-state index contributed by atoms with van der Waals surface area (Å²) >= 11 is 0. The van der Waals surface area contributed by atoms with E-state index in [1.54, 1.807) is 20.9 Å². The first-order valence-corrected chi connectivity index (χ1v) is 11.4. The van der Waals surface area contributed by atoms with Gasteiger partial charge in [0.15, 0.2) is 28.9 Å². The van der Waals surface area contributed by atoms with Gasteiger partial charge in [0.1, 0.15) is 18.5 Å². The van der Waals surface area contributed by atoms with E-state index >= 15 is 4.39 Å². The molecular weight excluding hydrogens is 445 g/mol. The van der Waals surface area contributed by atoms with E-state index < -0.39 is 35.9 Å². The number of Topliss-reactive ketones (excluding diaryl/α,β-unsaturated/α-hetero) is 1. The number of ether oxygens (including phenoxy) is 2. The Bertz CT molecular complexity index is 1060. The van der Waals surface area contributed by atoms with E-state index in [0.29, 0.717) is 11.3 Å². The van der Waals surface area contributed by atoms with Gasteiger partial charge in [-0.15, -0.1) is 0 Å². The van der Waals surface area contributed by atoms with Crippen LogP contribution in [0.2, 0.25) is 0 Å². The number of nitrogens with zero attached hydrogens (tertiary/aromatic N) is 4. The quantitative estimate of drug-likeness (QED) is 0.453. The van der Waals surface area contributed by atoms with Crippen LogP contribution in [0.15, 0.2) is 6.33 Å². The highest BCUT2D eigenvalue weighted by Crippen LogP contribution is 2.48. The van der Waals surface area contributed by atoms with Gasteiger partial charge in [0.25, 0.3) is 0 Å². The molecule has 0 aliphatic carbocycles. The maximum Gasteiger partial charge on any atom is 0.308 e. The molecule has 0 spiro atoms. The van der Waals surface area contributed by atoms with Crippen LogP contribution in [-0.2, 0) is 19.1 Å². The van der Waals surface area contributed by atoms with Gasteiger partial charge in [0, 0.05) is 19.4 Å². The summed E-state index contributed by atoms with van der Waals surface area (Å²) in [5.74, 6) is -1.75. The van der Waals surface area contributed by atoms with E-state index in [9.17, 15) is 9.59 Å². The Labute approximate surface area is 197 Å². The molecule has 11 nitrogen and oxygen atoms in total. The second-order valence-electron chi connectivity index (χ2n) is 9.51. The second kappa shape index (κ2) is 9.79. The summed E-state index contributed by atoms with van der Waals surface area (Å²) in [7, 11) is 1.66. The molecule has 3 heterocycles. The molecule has 1 aliphatic heterocycles. The Morgan fingerprint density at radius 3 is 2.59 bits per heavy atom. The summed E-state index contributed by atoms with van der Waals surface area (Å²) in [6.07, 6.45) is -0.861. The summed E-state index contributed by atoms with van der Waals surface area (Å²) in [4.78, 5) is 37.5. The molecule has 34 heavy (non-hydrogen) atoms. The second-order valence-corrected chi connectivity index (χ2v) is 9.51. The number of esters is 1. The van der Waals surface area contributed by atoms with E-state index in [2.05, 4.69) is 20.3 Å². The van der Waals surface area contributed by atoms with Gasteiger partial charge in [0.2, 0.25) is 5.95 Å². The highest BCUT2D eigenvalue weighted by atomic mass is 19.1. The lowest BCUT2D eigenvalue weighted by Crippen LogP contribution is -2.42. The lowest BCUT2D eigenvalue weighted by atomic mass is 9.81. The largest absolute Gasteiger partial charge is 0.463 e.